The van der Waals surface area contributed by atoms with Crippen molar-refractivity contribution in [2.45, 2.75) is 33.5 Å². The fraction of sp³-hybridized carbons (Fsp3) is 0.238. The molecule has 1 aromatic carbocycles. The number of rotatable bonds is 7. The summed E-state index contributed by atoms with van der Waals surface area (Å²) in [5, 5.41) is 20.0. The number of hydrogen-bond acceptors (Lipinski definition) is 4. The molecule has 0 fully saturated rings. The Morgan fingerprint density at radius 3 is 2.60 bits per heavy atom. The molecule has 0 aliphatic carbocycles. The first-order valence-electron chi connectivity index (χ1n) is 9.80. The van der Waals surface area contributed by atoms with Gasteiger partial charge < -0.3 is 10.6 Å². The largest absolute Gasteiger partial charge is 0.330 e. The average molecular weight is 421 g/mol. The van der Waals surface area contributed by atoms with Crippen molar-refractivity contribution in [2.24, 2.45) is 0 Å². The highest BCUT2D eigenvalue weighted by molar-refractivity contribution is 7.80. The maximum absolute atomic E-state index is 5.41. The van der Waals surface area contributed by atoms with E-state index < -0.39 is 0 Å². The lowest BCUT2D eigenvalue weighted by Gasteiger charge is -2.06. The topological polar surface area (TPSA) is 77.5 Å². The molecule has 0 bridgehead atoms. The first-order valence-corrected chi connectivity index (χ1v) is 10.2. The number of aromatic nitrogens is 6. The van der Waals surface area contributed by atoms with Crippen LogP contribution in [0.2, 0.25) is 0 Å². The second-order valence-corrected chi connectivity index (χ2v) is 7.37. The minimum absolute atomic E-state index is 0.467. The van der Waals surface area contributed by atoms with Crippen LogP contribution >= 0.6 is 12.2 Å². The van der Waals surface area contributed by atoms with Crippen LogP contribution in [-0.2, 0) is 19.6 Å². The quantitative estimate of drug-likeness (QED) is 0.446. The van der Waals surface area contributed by atoms with E-state index in [4.69, 9.17) is 12.2 Å². The lowest BCUT2D eigenvalue weighted by molar-refractivity contribution is 0.633. The van der Waals surface area contributed by atoms with Gasteiger partial charge in [-0.3, -0.25) is 14.0 Å². The maximum Gasteiger partial charge on any atom is 0.176 e. The SMILES string of the molecule is CCn1ncc(Cn2cc(NC(=S)Nc3ccn(Cc4ccccc4)n3)cn2)c1C. The summed E-state index contributed by atoms with van der Waals surface area (Å²) < 4.78 is 5.72. The van der Waals surface area contributed by atoms with Crippen molar-refractivity contribution in [3.8, 4) is 0 Å². The summed E-state index contributed by atoms with van der Waals surface area (Å²) in [5.41, 5.74) is 4.32. The highest BCUT2D eigenvalue weighted by Gasteiger charge is 2.08. The zero-order valence-corrected chi connectivity index (χ0v) is 17.8. The van der Waals surface area contributed by atoms with E-state index in [2.05, 4.69) is 51.9 Å². The van der Waals surface area contributed by atoms with Gasteiger partial charge in [0.1, 0.15) is 0 Å². The Morgan fingerprint density at radius 1 is 1.00 bits per heavy atom. The van der Waals surface area contributed by atoms with Crippen LogP contribution in [0.15, 0.2) is 61.2 Å². The smallest absolute Gasteiger partial charge is 0.176 e. The van der Waals surface area contributed by atoms with E-state index in [-0.39, 0.29) is 0 Å². The first kappa shape index (κ1) is 19.8. The molecule has 0 saturated heterocycles. The van der Waals surface area contributed by atoms with E-state index in [1.165, 1.54) is 5.56 Å². The Balaban J connectivity index is 1.32. The Hall–Kier alpha value is -3.46. The van der Waals surface area contributed by atoms with Gasteiger partial charge in [-0.25, -0.2) is 0 Å². The standard InChI is InChI=1S/C21H24N8S/c1-3-29-16(2)18(11-23-29)14-28-15-19(12-22-28)24-21(30)25-20-9-10-27(26-20)13-17-7-5-4-6-8-17/h4-12,15H,3,13-14H2,1-2H3,(H2,24,25,26,30). The molecule has 0 radical (unpaired) electrons. The zero-order valence-electron chi connectivity index (χ0n) is 17.0. The van der Waals surface area contributed by atoms with Crippen molar-refractivity contribution in [3.05, 3.63) is 78.0 Å². The third-order valence-corrected chi connectivity index (χ3v) is 5.00. The third kappa shape index (κ3) is 4.74. The minimum Gasteiger partial charge on any atom is -0.330 e. The number of thiocarbonyl (C=S) groups is 1. The van der Waals surface area contributed by atoms with Gasteiger partial charge in [0.05, 0.1) is 31.2 Å². The molecule has 2 N–H and O–H groups in total. The van der Waals surface area contributed by atoms with Gasteiger partial charge >= 0.3 is 0 Å². The molecule has 3 aromatic heterocycles. The molecular weight excluding hydrogens is 396 g/mol. The number of nitrogens with zero attached hydrogens (tertiary/aromatic N) is 6. The minimum atomic E-state index is 0.467. The number of anilines is 2. The van der Waals surface area contributed by atoms with E-state index in [9.17, 15) is 0 Å². The molecule has 4 rings (SSSR count). The van der Waals surface area contributed by atoms with Crippen LogP contribution in [0, 0.1) is 6.92 Å². The molecule has 154 valence electrons. The highest BCUT2D eigenvalue weighted by Crippen LogP contribution is 2.12. The van der Waals surface area contributed by atoms with Gasteiger partial charge in [0.2, 0.25) is 0 Å². The molecule has 3 heterocycles. The molecule has 8 nitrogen and oxygen atoms in total. The molecule has 0 saturated carbocycles. The molecule has 0 aliphatic rings. The third-order valence-electron chi connectivity index (χ3n) is 4.80. The number of benzene rings is 1. The normalized spacial score (nSPS) is 10.9. The maximum atomic E-state index is 5.41. The Kier molecular flexibility index (Phi) is 5.89. The van der Waals surface area contributed by atoms with Crippen LogP contribution < -0.4 is 10.6 Å². The van der Waals surface area contributed by atoms with Crippen molar-refractivity contribution < 1.29 is 0 Å². The van der Waals surface area contributed by atoms with Gasteiger partial charge in [0, 0.05) is 36.3 Å². The molecule has 9 heteroatoms. The van der Waals surface area contributed by atoms with Crippen LogP contribution in [-0.4, -0.2) is 34.5 Å². The summed E-state index contributed by atoms with van der Waals surface area (Å²) in [6.45, 7) is 6.39. The van der Waals surface area contributed by atoms with Gasteiger partial charge in [0.25, 0.3) is 0 Å². The Labute approximate surface area is 180 Å². The molecule has 0 spiro atoms. The van der Waals surface area contributed by atoms with Crippen molar-refractivity contribution in [3.63, 3.8) is 0 Å². The molecule has 0 atom stereocenters. The van der Waals surface area contributed by atoms with Crippen LogP contribution in [0.3, 0.4) is 0 Å². The number of aryl methyl sites for hydroxylation is 1. The number of nitrogens with one attached hydrogen (secondary N) is 2. The molecule has 0 amide bonds. The second-order valence-electron chi connectivity index (χ2n) is 6.96. The predicted octanol–water partition coefficient (Wildman–Crippen LogP) is 3.51. The van der Waals surface area contributed by atoms with Crippen molar-refractivity contribution in [2.75, 3.05) is 10.6 Å². The van der Waals surface area contributed by atoms with E-state index in [1.54, 1.807) is 6.20 Å². The second kappa shape index (κ2) is 8.91. The Bertz CT molecular complexity index is 1130. The summed E-state index contributed by atoms with van der Waals surface area (Å²) in [4.78, 5) is 0. The summed E-state index contributed by atoms with van der Waals surface area (Å²) in [6.07, 6.45) is 7.49. The highest BCUT2D eigenvalue weighted by atomic mass is 32.1. The summed E-state index contributed by atoms with van der Waals surface area (Å²) in [5.74, 6) is 0.693. The van der Waals surface area contributed by atoms with Crippen LogP contribution in [0.4, 0.5) is 11.5 Å². The molecule has 30 heavy (non-hydrogen) atoms. The van der Waals surface area contributed by atoms with Gasteiger partial charge in [-0.15, -0.1) is 0 Å². The molecular formula is C21H24N8S. The van der Waals surface area contributed by atoms with Crippen molar-refractivity contribution in [1.29, 1.82) is 0 Å². The molecule has 4 aromatic rings. The summed E-state index contributed by atoms with van der Waals surface area (Å²) >= 11 is 5.41. The molecule has 0 aliphatic heterocycles. The number of hydrogen-bond donors (Lipinski definition) is 2. The van der Waals surface area contributed by atoms with E-state index in [1.807, 2.05) is 56.9 Å². The summed E-state index contributed by atoms with van der Waals surface area (Å²) in [7, 11) is 0. The van der Waals surface area contributed by atoms with Crippen molar-refractivity contribution in [1.82, 2.24) is 29.3 Å². The Morgan fingerprint density at radius 2 is 1.83 bits per heavy atom. The van der Waals surface area contributed by atoms with E-state index >= 15 is 0 Å². The van der Waals surface area contributed by atoms with E-state index in [0.717, 1.165) is 23.5 Å². The summed E-state index contributed by atoms with van der Waals surface area (Å²) in [6, 6.07) is 12.1. The molecule has 0 unspecified atom stereocenters. The van der Waals surface area contributed by atoms with Gasteiger partial charge in [0.15, 0.2) is 10.9 Å². The lowest BCUT2D eigenvalue weighted by atomic mass is 10.2. The predicted molar refractivity (Wildman–Crippen MR) is 122 cm³/mol. The lowest BCUT2D eigenvalue weighted by Crippen LogP contribution is -2.19. The monoisotopic (exact) mass is 420 g/mol. The fourth-order valence-corrected chi connectivity index (χ4v) is 3.44. The van der Waals surface area contributed by atoms with Gasteiger partial charge in [-0.1, -0.05) is 30.3 Å². The van der Waals surface area contributed by atoms with Crippen LogP contribution in [0.5, 0.6) is 0 Å². The van der Waals surface area contributed by atoms with Crippen LogP contribution in [0.25, 0.3) is 0 Å². The van der Waals surface area contributed by atoms with Gasteiger partial charge in [-0.2, -0.15) is 15.3 Å². The van der Waals surface area contributed by atoms with Gasteiger partial charge in [-0.05, 0) is 31.6 Å². The van der Waals surface area contributed by atoms with E-state index in [0.29, 0.717) is 24.0 Å². The first-order chi connectivity index (χ1) is 14.6. The fourth-order valence-electron chi connectivity index (χ4n) is 3.21. The zero-order chi connectivity index (χ0) is 20.9. The van der Waals surface area contributed by atoms with Crippen molar-refractivity contribution >= 4 is 28.8 Å². The average Bonchev–Trinajstić information content (AvgIpc) is 3.45. The van der Waals surface area contributed by atoms with Crippen LogP contribution in [0.1, 0.15) is 23.7 Å².